The summed E-state index contributed by atoms with van der Waals surface area (Å²) >= 11 is 3.43. The number of hydrogen-bond acceptors (Lipinski definition) is 2. The summed E-state index contributed by atoms with van der Waals surface area (Å²) in [4.78, 5) is 2.47. The van der Waals surface area contributed by atoms with Gasteiger partial charge in [0.1, 0.15) is 0 Å². The fraction of sp³-hybridized carbons (Fsp3) is 0.600. The minimum atomic E-state index is 0.923. The monoisotopic (exact) mass is 242 g/mol. The van der Waals surface area contributed by atoms with Crippen molar-refractivity contribution in [1.82, 2.24) is 10.2 Å². The van der Waals surface area contributed by atoms with E-state index < -0.39 is 0 Å². The molecule has 0 atom stereocenters. The van der Waals surface area contributed by atoms with E-state index in [1.807, 2.05) is 0 Å². The van der Waals surface area contributed by atoms with Crippen LogP contribution in [0, 0.1) is 0 Å². The second-order valence-electron chi connectivity index (χ2n) is 3.84. The lowest BCUT2D eigenvalue weighted by Gasteiger charge is -2.18. The first-order valence-corrected chi connectivity index (χ1v) is 5.77. The fourth-order valence-corrected chi connectivity index (χ4v) is 2.19. The zero-order chi connectivity index (χ0) is 9.26. The maximum absolute atomic E-state index is 4.01. The van der Waals surface area contributed by atoms with Gasteiger partial charge in [0.15, 0.2) is 0 Å². The number of alkyl halides is 1. The van der Waals surface area contributed by atoms with E-state index in [-0.39, 0.29) is 0 Å². The van der Waals surface area contributed by atoms with E-state index in [1.54, 1.807) is 11.1 Å². The summed E-state index contributed by atoms with van der Waals surface area (Å²) in [6.07, 6.45) is 0. The zero-order valence-electron chi connectivity index (χ0n) is 7.77. The Morgan fingerprint density at radius 1 is 1.38 bits per heavy atom. The van der Waals surface area contributed by atoms with Gasteiger partial charge in [0.2, 0.25) is 0 Å². The lowest BCUT2D eigenvalue weighted by Crippen LogP contribution is -2.28. The van der Waals surface area contributed by atoms with E-state index in [9.17, 15) is 0 Å². The number of nitrogens with one attached hydrogen (secondary N) is 1. The average Bonchev–Trinajstić information content (AvgIpc) is 2.63. The largest absolute Gasteiger partial charge is 0.309 e. The molecule has 2 heterocycles. The molecule has 0 aromatic heterocycles. The normalized spacial score (nSPS) is 22.5. The van der Waals surface area contributed by atoms with Crippen molar-refractivity contribution in [1.29, 1.82) is 0 Å². The van der Waals surface area contributed by atoms with Crippen LogP contribution in [0.2, 0.25) is 0 Å². The molecule has 2 aliphatic rings. The molecule has 0 fully saturated rings. The summed E-state index contributed by atoms with van der Waals surface area (Å²) in [5.74, 6) is 0. The lowest BCUT2D eigenvalue weighted by molar-refractivity contribution is 0.368. The first kappa shape index (κ1) is 9.44. The van der Waals surface area contributed by atoms with Crippen molar-refractivity contribution in [2.75, 3.05) is 38.1 Å². The Balaban J connectivity index is 1.85. The molecule has 0 amide bonds. The van der Waals surface area contributed by atoms with Crippen LogP contribution in [-0.4, -0.2) is 43.0 Å². The van der Waals surface area contributed by atoms with E-state index in [4.69, 9.17) is 0 Å². The van der Waals surface area contributed by atoms with Crippen molar-refractivity contribution in [2.24, 2.45) is 0 Å². The Kier molecular flexibility index (Phi) is 2.86. The molecule has 0 saturated heterocycles. The third kappa shape index (κ3) is 2.03. The highest BCUT2D eigenvalue weighted by molar-refractivity contribution is 9.09. The van der Waals surface area contributed by atoms with Crippen molar-refractivity contribution < 1.29 is 0 Å². The molecule has 0 spiro atoms. The number of nitrogens with zero attached hydrogens (tertiary/aromatic N) is 1. The van der Waals surface area contributed by atoms with Gasteiger partial charge in [0, 0.05) is 38.1 Å². The van der Waals surface area contributed by atoms with Crippen LogP contribution in [0.4, 0.5) is 0 Å². The molecule has 0 unspecified atom stereocenters. The maximum Gasteiger partial charge on any atom is 0.0251 e. The molecular weight excluding hydrogens is 228 g/mol. The summed E-state index contributed by atoms with van der Waals surface area (Å²) in [5, 5.41) is 4.30. The van der Waals surface area contributed by atoms with Gasteiger partial charge in [-0.3, -0.25) is 4.90 Å². The Bertz CT molecular complexity index is 242. The summed E-state index contributed by atoms with van der Waals surface area (Å²) in [7, 11) is 0. The van der Waals surface area contributed by atoms with E-state index in [0.717, 1.165) is 38.1 Å². The van der Waals surface area contributed by atoms with Crippen molar-refractivity contribution in [3.8, 4) is 0 Å². The fourth-order valence-electron chi connectivity index (χ4n) is 2.02. The Labute approximate surface area is 87.8 Å². The van der Waals surface area contributed by atoms with Crippen molar-refractivity contribution >= 4 is 15.9 Å². The van der Waals surface area contributed by atoms with Crippen LogP contribution in [0.25, 0.3) is 0 Å². The van der Waals surface area contributed by atoms with Gasteiger partial charge >= 0.3 is 0 Å². The summed E-state index contributed by atoms with van der Waals surface area (Å²) in [6.45, 7) is 9.55. The minimum Gasteiger partial charge on any atom is -0.309 e. The summed E-state index contributed by atoms with van der Waals surface area (Å²) in [5.41, 5.74) is 4.50. The predicted octanol–water partition coefficient (Wildman–Crippen LogP) is 1.15. The van der Waals surface area contributed by atoms with Gasteiger partial charge in [-0.05, 0) is 11.1 Å². The second kappa shape index (κ2) is 3.95. The maximum atomic E-state index is 4.01. The number of halogens is 1. The smallest absolute Gasteiger partial charge is 0.0251 e. The molecule has 3 heteroatoms. The lowest BCUT2D eigenvalue weighted by atomic mass is 10.2. The highest BCUT2D eigenvalue weighted by Crippen LogP contribution is 2.20. The molecule has 13 heavy (non-hydrogen) atoms. The molecule has 2 nitrogen and oxygen atoms in total. The van der Waals surface area contributed by atoms with Crippen LogP contribution in [0.5, 0.6) is 0 Å². The van der Waals surface area contributed by atoms with Crippen molar-refractivity contribution in [3.63, 3.8) is 0 Å². The summed E-state index contributed by atoms with van der Waals surface area (Å²) in [6, 6.07) is 0. The summed E-state index contributed by atoms with van der Waals surface area (Å²) < 4.78 is 0. The van der Waals surface area contributed by atoms with Gasteiger partial charge in [-0.25, -0.2) is 0 Å². The molecule has 0 saturated carbocycles. The molecule has 0 radical (unpaired) electrons. The quantitative estimate of drug-likeness (QED) is 0.591. The van der Waals surface area contributed by atoms with Gasteiger partial charge in [0.05, 0.1) is 0 Å². The third-order valence-corrected chi connectivity index (χ3v) is 3.43. The van der Waals surface area contributed by atoms with Crippen LogP contribution in [0.1, 0.15) is 0 Å². The topological polar surface area (TPSA) is 15.3 Å². The molecule has 0 aliphatic carbocycles. The highest BCUT2D eigenvalue weighted by Gasteiger charge is 2.24. The minimum absolute atomic E-state index is 0.923. The molecule has 0 aromatic carbocycles. The zero-order valence-corrected chi connectivity index (χ0v) is 9.36. The molecule has 0 aromatic rings. The predicted molar refractivity (Wildman–Crippen MR) is 59.3 cm³/mol. The number of rotatable bonds is 3. The third-order valence-electron chi connectivity index (χ3n) is 2.64. The molecule has 72 valence electrons. The van der Waals surface area contributed by atoms with Crippen LogP contribution < -0.4 is 5.32 Å². The standard InChI is InChI=1S/C10H15BrN2/c1-8(2-11)5-13-6-9-3-12-4-10(9)7-13/h12H,1-7H2. The van der Waals surface area contributed by atoms with Crippen molar-refractivity contribution in [2.45, 2.75) is 0 Å². The molecule has 2 aliphatic heterocycles. The van der Waals surface area contributed by atoms with Gasteiger partial charge < -0.3 is 5.32 Å². The molecular formula is C10H15BrN2. The SMILES string of the molecule is C=C(CBr)CN1CC2=C(CNC2)C1. The van der Waals surface area contributed by atoms with Gasteiger partial charge in [-0.1, -0.05) is 28.1 Å². The van der Waals surface area contributed by atoms with E-state index in [2.05, 4.69) is 32.7 Å². The highest BCUT2D eigenvalue weighted by atomic mass is 79.9. The van der Waals surface area contributed by atoms with Gasteiger partial charge in [-0.2, -0.15) is 0 Å². The second-order valence-corrected chi connectivity index (χ2v) is 4.40. The number of hydrogen-bond donors (Lipinski definition) is 1. The van der Waals surface area contributed by atoms with Gasteiger partial charge in [-0.15, -0.1) is 0 Å². The van der Waals surface area contributed by atoms with Crippen LogP contribution in [-0.2, 0) is 0 Å². The Morgan fingerprint density at radius 2 is 2.00 bits per heavy atom. The first-order valence-electron chi connectivity index (χ1n) is 4.65. The average molecular weight is 243 g/mol. The van der Waals surface area contributed by atoms with Crippen LogP contribution in [0.3, 0.4) is 0 Å². The Hall–Kier alpha value is -0.120. The molecule has 2 rings (SSSR count). The van der Waals surface area contributed by atoms with Crippen LogP contribution in [0.15, 0.2) is 23.3 Å². The van der Waals surface area contributed by atoms with Crippen molar-refractivity contribution in [3.05, 3.63) is 23.3 Å². The molecule has 1 N–H and O–H groups in total. The van der Waals surface area contributed by atoms with E-state index in [0.29, 0.717) is 0 Å². The molecule has 0 bridgehead atoms. The van der Waals surface area contributed by atoms with Crippen LogP contribution >= 0.6 is 15.9 Å². The van der Waals surface area contributed by atoms with E-state index in [1.165, 1.54) is 5.57 Å². The Morgan fingerprint density at radius 3 is 2.54 bits per heavy atom. The van der Waals surface area contributed by atoms with Gasteiger partial charge in [0.25, 0.3) is 0 Å². The first-order chi connectivity index (χ1) is 6.29. The van der Waals surface area contributed by atoms with E-state index >= 15 is 0 Å².